The monoisotopic (exact) mass is 355 g/mol. The maximum absolute atomic E-state index is 12.4. The maximum Gasteiger partial charge on any atom is 0.317 e. The van der Waals surface area contributed by atoms with Gasteiger partial charge in [-0.2, -0.15) is 0 Å². The largest absolute Gasteiger partial charge is 0.508 e. The van der Waals surface area contributed by atoms with Gasteiger partial charge in [-0.1, -0.05) is 12.1 Å². The number of nitrogens with zero attached hydrogens (tertiary/aromatic N) is 4. The van der Waals surface area contributed by atoms with Gasteiger partial charge in [-0.25, -0.2) is 14.8 Å². The van der Waals surface area contributed by atoms with Gasteiger partial charge in [-0.05, 0) is 43.5 Å². The lowest BCUT2D eigenvalue weighted by Crippen LogP contribution is -2.53. The van der Waals surface area contributed by atoms with Crippen LogP contribution in [0.15, 0.2) is 42.7 Å². The van der Waals surface area contributed by atoms with Gasteiger partial charge in [0, 0.05) is 44.6 Å². The first-order chi connectivity index (χ1) is 12.6. The van der Waals surface area contributed by atoms with Gasteiger partial charge in [0.25, 0.3) is 0 Å². The number of piperazine rings is 1. The molecule has 0 radical (unpaired) electrons. The highest BCUT2D eigenvalue weighted by Gasteiger charge is 2.23. The van der Waals surface area contributed by atoms with Crippen molar-refractivity contribution in [3.05, 3.63) is 48.3 Å². The lowest BCUT2D eigenvalue weighted by Gasteiger charge is -2.35. The number of carbonyl (C=O) groups excluding carboxylic acids is 1. The zero-order valence-corrected chi connectivity index (χ0v) is 15.0. The van der Waals surface area contributed by atoms with E-state index in [0.717, 1.165) is 37.4 Å². The van der Waals surface area contributed by atoms with Crippen LogP contribution in [0, 0.1) is 0 Å². The minimum atomic E-state index is -0.0168. The standard InChI is InChI=1S/C19H25N5O2/c1-15(3-4-16-5-7-17(25)8-6-16)22-19(26)24-13-11-23(12-14-24)18-20-9-2-10-21-18/h2,5-10,15,25H,3-4,11-14H2,1H3,(H,22,26). The Labute approximate surface area is 153 Å². The average Bonchev–Trinajstić information content (AvgIpc) is 2.68. The highest BCUT2D eigenvalue weighted by Crippen LogP contribution is 2.13. The average molecular weight is 355 g/mol. The Bertz CT molecular complexity index is 700. The molecule has 0 saturated carbocycles. The van der Waals surface area contributed by atoms with Crippen molar-refractivity contribution in [2.24, 2.45) is 0 Å². The van der Waals surface area contributed by atoms with Crippen LogP contribution in [0.4, 0.5) is 10.7 Å². The fourth-order valence-corrected chi connectivity index (χ4v) is 2.98. The van der Waals surface area contributed by atoms with Gasteiger partial charge < -0.3 is 20.2 Å². The van der Waals surface area contributed by atoms with E-state index in [0.29, 0.717) is 13.1 Å². The first-order valence-corrected chi connectivity index (χ1v) is 8.97. The van der Waals surface area contributed by atoms with E-state index >= 15 is 0 Å². The number of aryl methyl sites for hydroxylation is 1. The van der Waals surface area contributed by atoms with Crippen LogP contribution in [0.2, 0.25) is 0 Å². The van der Waals surface area contributed by atoms with Gasteiger partial charge in [0.15, 0.2) is 0 Å². The zero-order chi connectivity index (χ0) is 18.4. The molecule has 0 aliphatic carbocycles. The van der Waals surface area contributed by atoms with Crippen LogP contribution < -0.4 is 10.2 Å². The predicted molar refractivity (Wildman–Crippen MR) is 100 cm³/mol. The first kappa shape index (κ1) is 18.0. The molecule has 2 N–H and O–H groups in total. The number of nitrogens with one attached hydrogen (secondary N) is 1. The first-order valence-electron chi connectivity index (χ1n) is 8.97. The molecule has 1 aromatic heterocycles. The van der Waals surface area contributed by atoms with Crippen LogP contribution in [0.3, 0.4) is 0 Å². The topological polar surface area (TPSA) is 81.6 Å². The number of amides is 2. The molecular weight excluding hydrogens is 330 g/mol. The second-order valence-electron chi connectivity index (χ2n) is 6.58. The summed E-state index contributed by atoms with van der Waals surface area (Å²) in [4.78, 5) is 24.9. The molecule has 138 valence electrons. The summed E-state index contributed by atoms with van der Waals surface area (Å²) in [5.74, 6) is 0.991. The number of anilines is 1. The fourth-order valence-electron chi connectivity index (χ4n) is 2.98. The second-order valence-corrected chi connectivity index (χ2v) is 6.58. The Morgan fingerprint density at radius 3 is 2.46 bits per heavy atom. The molecule has 1 saturated heterocycles. The van der Waals surface area contributed by atoms with Crippen LogP contribution in [0.1, 0.15) is 18.9 Å². The molecule has 1 unspecified atom stereocenters. The van der Waals surface area contributed by atoms with Crippen molar-refractivity contribution in [2.45, 2.75) is 25.8 Å². The van der Waals surface area contributed by atoms with Crippen molar-refractivity contribution in [3.63, 3.8) is 0 Å². The molecule has 1 aliphatic rings. The minimum Gasteiger partial charge on any atom is -0.508 e. The number of benzene rings is 1. The number of rotatable bonds is 5. The summed E-state index contributed by atoms with van der Waals surface area (Å²) in [7, 11) is 0. The van der Waals surface area contributed by atoms with Gasteiger partial charge in [0.05, 0.1) is 0 Å². The van der Waals surface area contributed by atoms with Gasteiger partial charge >= 0.3 is 6.03 Å². The van der Waals surface area contributed by atoms with Crippen LogP contribution in [0.5, 0.6) is 5.75 Å². The number of urea groups is 1. The molecule has 2 amide bonds. The summed E-state index contributed by atoms with van der Waals surface area (Å²) < 4.78 is 0. The summed E-state index contributed by atoms with van der Waals surface area (Å²) in [5, 5.41) is 12.4. The number of phenolic OH excluding ortho intramolecular Hbond substituents is 1. The third kappa shape index (κ3) is 4.84. The maximum atomic E-state index is 12.4. The molecule has 26 heavy (non-hydrogen) atoms. The number of aromatic hydroxyl groups is 1. The third-order valence-corrected chi connectivity index (χ3v) is 4.57. The molecule has 1 aliphatic heterocycles. The Kier molecular flexibility index (Phi) is 5.88. The van der Waals surface area contributed by atoms with E-state index < -0.39 is 0 Å². The quantitative estimate of drug-likeness (QED) is 0.858. The molecule has 1 fully saturated rings. The summed E-state index contributed by atoms with van der Waals surface area (Å²) in [6.07, 6.45) is 5.18. The molecular formula is C19H25N5O2. The highest BCUT2D eigenvalue weighted by atomic mass is 16.3. The number of hydrogen-bond donors (Lipinski definition) is 2. The normalized spacial score (nSPS) is 15.6. The van der Waals surface area contributed by atoms with Gasteiger partial charge in [-0.15, -0.1) is 0 Å². The lowest BCUT2D eigenvalue weighted by molar-refractivity contribution is 0.190. The van der Waals surface area contributed by atoms with Crippen LogP contribution in [-0.2, 0) is 6.42 Å². The molecule has 1 aromatic carbocycles. The summed E-state index contributed by atoms with van der Waals surface area (Å²) in [6.45, 7) is 4.81. The SMILES string of the molecule is CC(CCc1ccc(O)cc1)NC(=O)N1CCN(c2ncccn2)CC1. The summed E-state index contributed by atoms with van der Waals surface area (Å²) in [5.41, 5.74) is 1.15. The molecule has 0 spiro atoms. The summed E-state index contributed by atoms with van der Waals surface area (Å²) >= 11 is 0. The van der Waals surface area contributed by atoms with E-state index in [2.05, 4.69) is 20.2 Å². The smallest absolute Gasteiger partial charge is 0.317 e. The Morgan fingerprint density at radius 2 is 1.81 bits per heavy atom. The Balaban J connectivity index is 1.41. The van der Waals surface area contributed by atoms with E-state index in [1.165, 1.54) is 0 Å². The minimum absolute atomic E-state index is 0.0168. The van der Waals surface area contributed by atoms with E-state index in [1.54, 1.807) is 30.6 Å². The van der Waals surface area contributed by atoms with Crippen molar-refractivity contribution in [1.82, 2.24) is 20.2 Å². The molecule has 7 heteroatoms. The van der Waals surface area contributed by atoms with Crippen molar-refractivity contribution >= 4 is 12.0 Å². The number of carbonyl (C=O) groups is 1. The van der Waals surface area contributed by atoms with Crippen molar-refractivity contribution < 1.29 is 9.90 Å². The van der Waals surface area contributed by atoms with Crippen molar-refractivity contribution in [3.8, 4) is 5.75 Å². The van der Waals surface area contributed by atoms with Gasteiger partial charge in [-0.3, -0.25) is 0 Å². The number of hydrogen-bond acceptors (Lipinski definition) is 5. The zero-order valence-electron chi connectivity index (χ0n) is 15.0. The molecule has 3 rings (SSSR count). The Hall–Kier alpha value is -2.83. The molecule has 2 heterocycles. The van der Waals surface area contributed by atoms with E-state index in [4.69, 9.17) is 0 Å². The summed E-state index contributed by atoms with van der Waals surface area (Å²) in [6, 6.07) is 9.07. The highest BCUT2D eigenvalue weighted by molar-refractivity contribution is 5.74. The molecule has 0 bridgehead atoms. The lowest BCUT2D eigenvalue weighted by atomic mass is 10.1. The Morgan fingerprint density at radius 1 is 1.15 bits per heavy atom. The van der Waals surface area contributed by atoms with E-state index in [9.17, 15) is 9.90 Å². The van der Waals surface area contributed by atoms with E-state index in [1.807, 2.05) is 24.0 Å². The van der Waals surface area contributed by atoms with E-state index in [-0.39, 0.29) is 17.8 Å². The van der Waals surface area contributed by atoms with Crippen molar-refractivity contribution in [1.29, 1.82) is 0 Å². The van der Waals surface area contributed by atoms with Crippen molar-refractivity contribution in [2.75, 3.05) is 31.1 Å². The molecule has 7 nitrogen and oxygen atoms in total. The number of aromatic nitrogens is 2. The van der Waals surface area contributed by atoms with Crippen LogP contribution in [-0.4, -0.2) is 58.2 Å². The van der Waals surface area contributed by atoms with Gasteiger partial charge in [0.2, 0.25) is 5.95 Å². The molecule has 1 atom stereocenters. The fraction of sp³-hybridized carbons (Fsp3) is 0.421. The third-order valence-electron chi connectivity index (χ3n) is 4.57. The number of phenols is 1. The predicted octanol–water partition coefficient (Wildman–Crippen LogP) is 2.04. The van der Waals surface area contributed by atoms with Crippen LogP contribution in [0.25, 0.3) is 0 Å². The second kappa shape index (κ2) is 8.51. The van der Waals surface area contributed by atoms with Crippen LogP contribution >= 0.6 is 0 Å². The van der Waals surface area contributed by atoms with Gasteiger partial charge in [0.1, 0.15) is 5.75 Å². The molecule has 2 aromatic rings.